The Bertz CT molecular complexity index is 1050. The minimum absolute atomic E-state index is 0.119. The Balaban J connectivity index is 1.93. The molecule has 1 saturated heterocycles. The monoisotopic (exact) mass is 487 g/mol. The van der Waals surface area contributed by atoms with Crippen LogP contribution in [0.5, 0.6) is 0 Å². The molecule has 0 radical (unpaired) electrons. The Kier molecular flexibility index (Phi) is 5.73. The number of hydrogen-bond acceptors (Lipinski definition) is 3. The van der Waals surface area contributed by atoms with Crippen molar-refractivity contribution >= 4 is 55.1 Å². The fourth-order valence-corrected chi connectivity index (χ4v) is 5.33. The van der Waals surface area contributed by atoms with Gasteiger partial charge >= 0.3 is 0 Å². The third-order valence-electron chi connectivity index (χ3n) is 4.71. The van der Waals surface area contributed by atoms with Crippen molar-refractivity contribution in [2.75, 3.05) is 31.1 Å². The van der Waals surface area contributed by atoms with Crippen LogP contribution in [-0.4, -0.2) is 34.4 Å². The van der Waals surface area contributed by atoms with Gasteiger partial charge in [0.2, 0.25) is 0 Å². The first-order valence-corrected chi connectivity index (χ1v) is 11.0. The number of benzene rings is 2. The molecule has 2 heterocycles. The highest BCUT2D eigenvalue weighted by Crippen LogP contribution is 2.39. The number of nitrogens with zero attached hydrogens (tertiary/aromatic N) is 2. The van der Waals surface area contributed by atoms with Gasteiger partial charge in [0.1, 0.15) is 0 Å². The number of rotatable bonds is 4. The van der Waals surface area contributed by atoms with Gasteiger partial charge in [-0.2, -0.15) is 0 Å². The summed E-state index contributed by atoms with van der Waals surface area (Å²) in [6, 6.07) is 10.2. The molecule has 1 N–H and O–H groups in total. The van der Waals surface area contributed by atoms with E-state index in [9.17, 15) is 13.0 Å². The molecule has 0 amide bonds. The average Bonchev–Trinajstić information content (AvgIpc) is 3.07. The fraction of sp³-hybridized carbons (Fsp3) is 0.263. The Morgan fingerprint density at radius 1 is 1.18 bits per heavy atom. The Morgan fingerprint density at radius 3 is 2.61 bits per heavy atom. The molecule has 0 bridgehead atoms. The van der Waals surface area contributed by atoms with E-state index in [0.29, 0.717) is 20.8 Å². The van der Waals surface area contributed by atoms with Gasteiger partial charge in [-0.25, -0.2) is 13.0 Å². The van der Waals surface area contributed by atoms with E-state index in [2.05, 4.69) is 26.1 Å². The third kappa shape index (κ3) is 3.70. The van der Waals surface area contributed by atoms with Gasteiger partial charge in [-0.1, -0.05) is 33.6 Å². The van der Waals surface area contributed by atoms with Crippen LogP contribution in [0.2, 0.25) is 5.02 Å². The second-order valence-corrected chi connectivity index (χ2v) is 9.19. The summed E-state index contributed by atoms with van der Waals surface area (Å²) >= 11 is 9.50. The van der Waals surface area contributed by atoms with Crippen LogP contribution in [0, 0.1) is 0 Å². The number of halogens is 4. The maximum atomic E-state index is 13.9. The zero-order chi connectivity index (χ0) is 19.8. The molecule has 1 aromatic heterocycles. The van der Waals surface area contributed by atoms with Gasteiger partial charge in [-0.3, -0.25) is 3.97 Å². The van der Waals surface area contributed by atoms with Crippen molar-refractivity contribution in [3.63, 3.8) is 0 Å². The molecule has 1 aliphatic heterocycles. The maximum Gasteiger partial charge on any atom is 0.266 e. The quantitative estimate of drug-likeness (QED) is 0.563. The van der Waals surface area contributed by atoms with Gasteiger partial charge < -0.3 is 10.2 Å². The van der Waals surface area contributed by atoms with Gasteiger partial charge in [-0.15, -0.1) is 0 Å². The predicted octanol–water partition coefficient (Wildman–Crippen LogP) is 4.98. The number of aromatic nitrogens is 1. The second kappa shape index (κ2) is 8.10. The molecule has 1 atom stereocenters. The van der Waals surface area contributed by atoms with Crippen LogP contribution in [0.15, 0.2) is 52.0 Å². The summed E-state index contributed by atoms with van der Waals surface area (Å²) in [6.45, 7) is 3.01. The predicted molar refractivity (Wildman–Crippen MR) is 113 cm³/mol. The molecule has 4 rings (SSSR count). The van der Waals surface area contributed by atoms with E-state index in [1.807, 2.05) is 6.07 Å². The van der Waals surface area contributed by atoms with Crippen LogP contribution in [0.4, 0.5) is 14.5 Å². The van der Waals surface area contributed by atoms with E-state index in [-0.39, 0.29) is 5.56 Å². The van der Waals surface area contributed by atoms with E-state index < -0.39 is 17.4 Å². The Hall–Kier alpha value is -1.48. The second-order valence-electron chi connectivity index (χ2n) is 6.47. The number of nitrogens with one attached hydrogen (secondary N) is 1. The normalized spacial score (nSPS) is 16.1. The Morgan fingerprint density at radius 2 is 1.93 bits per heavy atom. The standard InChI is InChI=1S/C19H17BrClF2N3OS/c20-12-8-16(25-6-4-24-5-7-25)18-15(19(22)23)11-26(17(18)9-12)28(27)14-3-1-2-13(21)10-14/h1-3,8-11,19,24H,4-7H2. The molecule has 1 unspecified atom stereocenters. The SMILES string of the molecule is O=S(c1cccc(Cl)c1)n1cc(C(F)F)c2c(N3CCNCC3)cc(Br)cc21. The van der Waals surface area contributed by atoms with E-state index in [1.165, 1.54) is 10.2 Å². The van der Waals surface area contributed by atoms with Crippen LogP contribution in [-0.2, 0) is 11.0 Å². The van der Waals surface area contributed by atoms with E-state index in [1.54, 1.807) is 30.3 Å². The summed E-state index contributed by atoms with van der Waals surface area (Å²) in [7, 11) is -1.70. The molecule has 0 spiro atoms. The van der Waals surface area contributed by atoms with Crippen LogP contribution < -0.4 is 10.2 Å². The van der Waals surface area contributed by atoms with E-state index >= 15 is 0 Å². The van der Waals surface area contributed by atoms with E-state index in [4.69, 9.17) is 11.6 Å². The summed E-state index contributed by atoms with van der Waals surface area (Å²) in [4.78, 5) is 2.54. The first-order valence-electron chi connectivity index (χ1n) is 8.72. The van der Waals surface area contributed by atoms with Gasteiger partial charge in [0.05, 0.1) is 10.4 Å². The summed E-state index contributed by atoms with van der Waals surface area (Å²) in [5.41, 5.74) is 1.10. The lowest BCUT2D eigenvalue weighted by Gasteiger charge is -2.30. The van der Waals surface area contributed by atoms with Crippen LogP contribution in [0.1, 0.15) is 12.0 Å². The number of hydrogen-bond donors (Lipinski definition) is 1. The van der Waals surface area contributed by atoms with Crippen molar-refractivity contribution in [1.82, 2.24) is 9.29 Å². The van der Waals surface area contributed by atoms with Gasteiger partial charge in [0.25, 0.3) is 6.43 Å². The largest absolute Gasteiger partial charge is 0.368 e. The van der Waals surface area contributed by atoms with Crippen molar-refractivity contribution in [3.8, 4) is 0 Å². The number of piperazine rings is 1. The third-order valence-corrected chi connectivity index (χ3v) is 6.72. The Labute approximate surface area is 177 Å². The van der Waals surface area contributed by atoms with Crippen molar-refractivity contribution < 1.29 is 13.0 Å². The number of alkyl halides is 2. The first-order chi connectivity index (χ1) is 13.5. The van der Waals surface area contributed by atoms with E-state index in [0.717, 1.165) is 36.3 Å². The first kappa shape index (κ1) is 19.8. The molecule has 0 aliphatic carbocycles. The van der Waals surface area contributed by atoms with Crippen molar-refractivity contribution in [1.29, 1.82) is 0 Å². The van der Waals surface area contributed by atoms with Crippen molar-refractivity contribution in [2.45, 2.75) is 11.3 Å². The fourth-order valence-electron chi connectivity index (χ4n) is 3.46. The molecule has 9 heteroatoms. The van der Waals surface area contributed by atoms with Crippen molar-refractivity contribution in [3.05, 3.63) is 57.7 Å². The number of fused-ring (bicyclic) bond motifs is 1. The lowest BCUT2D eigenvalue weighted by Crippen LogP contribution is -2.43. The zero-order valence-corrected chi connectivity index (χ0v) is 17.8. The summed E-state index contributed by atoms with van der Waals surface area (Å²) in [5, 5.41) is 4.15. The van der Waals surface area contributed by atoms with Crippen molar-refractivity contribution in [2.24, 2.45) is 0 Å². The molecular formula is C19H17BrClF2N3OS. The smallest absolute Gasteiger partial charge is 0.266 e. The zero-order valence-electron chi connectivity index (χ0n) is 14.7. The van der Waals surface area contributed by atoms with Gasteiger partial charge in [-0.05, 0) is 30.3 Å². The molecule has 1 aliphatic rings. The van der Waals surface area contributed by atoms with Crippen LogP contribution in [0.3, 0.4) is 0 Å². The highest BCUT2D eigenvalue weighted by atomic mass is 79.9. The summed E-state index contributed by atoms with van der Waals surface area (Å²) in [6.07, 6.45) is -1.38. The molecule has 4 nitrogen and oxygen atoms in total. The van der Waals surface area contributed by atoms with Gasteiger partial charge in [0.15, 0.2) is 11.0 Å². The molecule has 148 valence electrons. The molecule has 2 aromatic carbocycles. The topological polar surface area (TPSA) is 37.3 Å². The molecular weight excluding hydrogens is 472 g/mol. The molecule has 1 fully saturated rings. The minimum atomic E-state index is -2.68. The summed E-state index contributed by atoms with van der Waals surface area (Å²) in [5.74, 6) is 0. The highest BCUT2D eigenvalue weighted by Gasteiger charge is 2.25. The average molecular weight is 489 g/mol. The van der Waals surface area contributed by atoms with Gasteiger partial charge in [0, 0.05) is 58.5 Å². The maximum absolute atomic E-state index is 13.9. The van der Waals surface area contributed by atoms with Crippen LogP contribution >= 0.6 is 27.5 Å². The molecule has 0 saturated carbocycles. The van der Waals surface area contributed by atoms with Crippen LogP contribution in [0.25, 0.3) is 10.9 Å². The number of anilines is 1. The lowest BCUT2D eigenvalue weighted by molar-refractivity contribution is 0.153. The lowest BCUT2D eigenvalue weighted by atomic mass is 10.1. The summed E-state index contributed by atoms with van der Waals surface area (Å²) < 4.78 is 43.2. The molecule has 3 aromatic rings. The molecule has 28 heavy (non-hydrogen) atoms. The highest BCUT2D eigenvalue weighted by molar-refractivity contribution is 9.10. The minimum Gasteiger partial charge on any atom is -0.368 e.